The zero-order valence-corrected chi connectivity index (χ0v) is 13.0. The molecule has 0 aliphatic rings. The molecule has 0 aliphatic carbocycles. The van der Waals surface area contributed by atoms with Gasteiger partial charge in [-0.3, -0.25) is 4.72 Å². The van der Waals surface area contributed by atoms with Crippen molar-refractivity contribution in [2.45, 2.75) is 46.0 Å². The van der Waals surface area contributed by atoms with E-state index in [9.17, 15) is 8.42 Å². The monoisotopic (exact) mass is 300 g/mol. The van der Waals surface area contributed by atoms with Crippen LogP contribution in [-0.2, 0) is 10.0 Å². The summed E-state index contributed by atoms with van der Waals surface area (Å²) in [6.07, 6.45) is 4.91. The van der Waals surface area contributed by atoms with E-state index < -0.39 is 10.0 Å². The summed E-state index contributed by atoms with van der Waals surface area (Å²) in [5.41, 5.74) is 0. The Labute approximate surface area is 121 Å². The fourth-order valence-electron chi connectivity index (χ4n) is 1.62. The molecule has 0 bridgehead atoms. The molecule has 1 rings (SSSR count). The molecular weight excluding hydrogens is 276 g/mol. The van der Waals surface area contributed by atoms with Crippen LogP contribution in [0.3, 0.4) is 0 Å². The second-order valence-corrected chi connectivity index (χ2v) is 6.55. The number of aromatic nitrogens is 2. The third-order valence-corrected chi connectivity index (χ3v) is 4.12. The molecule has 0 fully saturated rings. The van der Waals surface area contributed by atoms with Gasteiger partial charge in [0, 0.05) is 6.54 Å². The van der Waals surface area contributed by atoms with Crippen molar-refractivity contribution in [1.29, 1.82) is 0 Å². The van der Waals surface area contributed by atoms with Crippen LogP contribution in [0.4, 0.5) is 11.6 Å². The van der Waals surface area contributed by atoms with Crippen molar-refractivity contribution in [2.75, 3.05) is 22.3 Å². The van der Waals surface area contributed by atoms with Gasteiger partial charge in [0.2, 0.25) is 10.0 Å². The number of rotatable bonds is 10. The zero-order valence-electron chi connectivity index (χ0n) is 12.2. The Kier molecular flexibility index (Phi) is 7.28. The first-order valence-corrected chi connectivity index (χ1v) is 8.80. The second-order valence-electron chi connectivity index (χ2n) is 4.71. The predicted octanol–water partition coefficient (Wildman–Crippen LogP) is 2.62. The van der Waals surface area contributed by atoms with Gasteiger partial charge in [0.15, 0.2) is 5.82 Å². The molecule has 0 saturated heterocycles. The molecule has 0 unspecified atom stereocenters. The normalized spacial score (nSPS) is 11.3. The van der Waals surface area contributed by atoms with E-state index >= 15 is 0 Å². The van der Waals surface area contributed by atoms with Crippen molar-refractivity contribution >= 4 is 21.7 Å². The summed E-state index contributed by atoms with van der Waals surface area (Å²) in [7, 11) is -3.31. The van der Waals surface area contributed by atoms with Gasteiger partial charge in [0.1, 0.15) is 5.82 Å². The molecule has 6 nitrogen and oxygen atoms in total. The average Bonchev–Trinajstić information content (AvgIpc) is 2.43. The number of sulfonamides is 1. The highest BCUT2D eigenvalue weighted by molar-refractivity contribution is 7.92. The number of nitrogens with zero attached hydrogens (tertiary/aromatic N) is 2. The molecule has 0 spiro atoms. The van der Waals surface area contributed by atoms with Crippen molar-refractivity contribution in [3.63, 3.8) is 0 Å². The standard InChI is InChI=1S/C13H24N4O2S/c1-3-5-7-10-14-12-8-9-13(16-15-12)17-20(18,19)11-6-4-2/h8-9H,3-7,10-11H2,1-2H3,(H,14,15)(H,16,17). The summed E-state index contributed by atoms with van der Waals surface area (Å²) in [6.45, 7) is 4.96. The Morgan fingerprint density at radius 1 is 1.00 bits per heavy atom. The molecule has 7 heteroatoms. The fourth-order valence-corrected chi connectivity index (χ4v) is 2.82. The van der Waals surface area contributed by atoms with E-state index in [1.807, 2.05) is 6.92 Å². The third kappa shape index (κ3) is 6.70. The Morgan fingerprint density at radius 2 is 1.65 bits per heavy atom. The summed E-state index contributed by atoms with van der Waals surface area (Å²) in [5, 5.41) is 11.0. The topological polar surface area (TPSA) is 84.0 Å². The lowest BCUT2D eigenvalue weighted by Crippen LogP contribution is -2.17. The Morgan fingerprint density at radius 3 is 2.25 bits per heavy atom. The first kappa shape index (κ1) is 16.7. The maximum absolute atomic E-state index is 11.7. The Balaban J connectivity index is 2.46. The maximum atomic E-state index is 11.7. The summed E-state index contributed by atoms with van der Waals surface area (Å²) >= 11 is 0. The van der Waals surface area contributed by atoms with Crippen LogP contribution in [0, 0.1) is 0 Å². The van der Waals surface area contributed by atoms with Gasteiger partial charge in [-0.05, 0) is 25.0 Å². The summed E-state index contributed by atoms with van der Waals surface area (Å²) in [5.74, 6) is 1.04. The van der Waals surface area contributed by atoms with Gasteiger partial charge in [-0.15, -0.1) is 10.2 Å². The predicted molar refractivity (Wildman–Crippen MR) is 82.4 cm³/mol. The minimum atomic E-state index is -3.31. The van der Waals surface area contributed by atoms with Crippen LogP contribution in [0.25, 0.3) is 0 Å². The molecular formula is C13H24N4O2S. The largest absolute Gasteiger partial charge is 0.369 e. The molecule has 114 valence electrons. The van der Waals surface area contributed by atoms with Crippen molar-refractivity contribution in [1.82, 2.24) is 10.2 Å². The first-order valence-electron chi connectivity index (χ1n) is 7.15. The molecule has 0 atom stereocenters. The van der Waals surface area contributed by atoms with Crippen LogP contribution < -0.4 is 10.0 Å². The number of unbranched alkanes of at least 4 members (excludes halogenated alkanes) is 3. The van der Waals surface area contributed by atoms with E-state index in [1.54, 1.807) is 12.1 Å². The maximum Gasteiger partial charge on any atom is 0.233 e. The molecule has 1 heterocycles. The molecule has 0 amide bonds. The molecule has 0 aromatic carbocycles. The SMILES string of the molecule is CCCCCNc1ccc(NS(=O)(=O)CCCC)nn1. The number of nitrogens with one attached hydrogen (secondary N) is 2. The molecule has 0 saturated carbocycles. The van der Waals surface area contributed by atoms with Gasteiger partial charge in [-0.25, -0.2) is 8.42 Å². The highest BCUT2D eigenvalue weighted by Gasteiger charge is 2.10. The zero-order chi connectivity index (χ0) is 14.8. The van der Waals surface area contributed by atoms with Gasteiger partial charge in [-0.2, -0.15) is 0 Å². The molecule has 0 aliphatic heterocycles. The van der Waals surface area contributed by atoms with Gasteiger partial charge in [0.05, 0.1) is 5.75 Å². The number of hydrogen-bond acceptors (Lipinski definition) is 5. The van der Waals surface area contributed by atoms with Crippen LogP contribution in [0.2, 0.25) is 0 Å². The van der Waals surface area contributed by atoms with Crippen LogP contribution in [-0.4, -0.2) is 30.9 Å². The lowest BCUT2D eigenvalue weighted by atomic mass is 10.2. The Bertz CT molecular complexity index is 474. The third-order valence-electron chi connectivity index (χ3n) is 2.78. The van der Waals surface area contributed by atoms with Crippen molar-refractivity contribution in [3.8, 4) is 0 Å². The minimum Gasteiger partial charge on any atom is -0.369 e. The summed E-state index contributed by atoms with van der Waals surface area (Å²) in [4.78, 5) is 0. The highest BCUT2D eigenvalue weighted by atomic mass is 32.2. The van der Waals surface area contributed by atoms with Crippen molar-refractivity contribution < 1.29 is 8.42 Å². The summed E-state index contributed by atoms with van der Waals surface area (Å²) in [6, 6.07) is 3.36. The fraction of sp³-hybridized carbons (Fsp3) is 0.692. The number of anilines is 2. The van der Waals surface area contributed by atoms with Crippen LogP contribution in [0.1, 0.15) is 46.0 Å². The second kappa shape index (κ2) is 8.73. The van der Waals surface area contributed by atoms with Gasteiger partial charge >= 0.3 is 0 Å². The first-order chi connectivity index (χ1) is 9.57. The number of hydrogen-bond donors (Lipinski definition) is 2. The van der Waals surface area contributed by atoms with E-state index in [1.165, 1.54) is 12.8 Å². The smallest absolute Gasteiger partial charge is 0.233 e. The van der Waals surface area contributed by atoms with Crippen molar-refractivity contribution in [2.24, 2.45) is 0 Å². The lowest BCUT2D eigenvalue weighted by Gasteiger charge is -2.07. The average molecular weight is 300 g/mol. The van der Waals surface area contributed by atoms with E-state index in [2.05, 4.69) is 27.2 Å². The van der Waals surface area contributed by atoms with Gasteiger partial charge in [0.25, 0.3) is 0 Å². The highest BCUT2D eigenvalue weighted by Crippen LogP contribution is 2.09. The van der Waals surface area contributed by atoms with E-state index in [0.717, 1.165) is 19.4 Å². The van der Waals surface area contributed by atoms with Gasteiger partial charge < -0.3 is 5.32 Å². The van der Waals surface area contributed by atoms with Gasteiger partial charge in [-0.1, -0.05) is 33.1 Å². The molecule has 1 aromatic heterocycles. The molecule has 2 N–H and O–H groups in total. The van der Waals surface area contributed by atoms with E-state index in [0.29, 0.717) is 12.2 Å². The van der Waals surface area contributed by atoms with Crippen molar-refractivity contribution in [3.05, 3.63) is 12.1 Å². The molecule has 1 aromatic rings. The van der Waals surface area contributed by atoms with E-state index in [4.69, 9.17) is 0 Å². The van der Waals surface area contributed by atoms with E-state index in [-0.39, 0.29) is 11.6 Å². The molecule has 20 heavy (non-hydrogen) atoms. The quantitative estimate of drug-likeness (QED) is 0.649. The summed E-state index contributed by atoms with van der Waals surface area (Å²) < 4.78 is 25.8. The van der Waals surface area contributed by atoms with Crippen LogP contribution in [0.5, 0.6) is 0 Å². The molecule has 0 radical (unpaired) electrons. The lowest BCUT2D eigenvalue weighted by molar-refractivity contribution is 0.597. The van der Waals surface area contributed by atoms with Crippen LogP contribution >= 0.6 is 0 Å². The van der Waals surface area contributed by atoms with Crippen LogP contribution in [0.15, 0.2) is 12.1 Å². The minimum absolute atomic E-state index is 0.113. The Hall–Kier alpha value is -1.37.